The van der Waals surface area contributed by atoms with E-state index in [-0.39, 0.29) is 34.3 Å². The molecule has 0 unspecified atom stereocenters. The maximum absolute atomic E-state index is 15.0. The smallest absolute Gasteiger partial charge is 0.274 e. The van der Waals surface area contributed by atoms with Gasteiger partial charge < -0.3 is 4.74 Å². The van der Waals surface area contributed by atoms with Crippen molar-refractivity contribution in [2.45, 2.75) is 26.8 Å². The van der Waals surface area contributed by atoms with Crippen LogP contribution < -0.4 is 10.3 Å². The van der Waals surface area contributed by atoms with Gasteiger partial charge in [0.1, 0.15) is 5.82 Å². The lowest BCUT2D eigenvalue weighted by molar-refractivity contribution is 0.387. The highest BCUT2D eigenvalue weighted by atomic mass is 19.1. The molecule has 6 heteroatoms. The topological polar surface area (TPSA) is 44.1 Å². The summed E-state index contributed by atoms with van der Waals surface area (Å²) < 4.78 is 35.0. The molecule has 0 aliphatic carbocycles. The number of nitrogens with zero attached hydrogens (tertiary/aromatic N) is 2. The minimum absolute atomic E-state index is 0.0787. The molecule has 0 atom stereocenters. The fraction of sp³-hybridized carbons (Fsp3) is 0.217. The van der Waals surface area contributed by atoms with Crippen molar-refractivity contribution >= 4 is 12.2 Å². The first-order valence-electron chi connectivity index (χ1n) is 9.23. The summed E-state index contributed by atoms with van der Waals surface area (Å²) in [6, 6.07) is 10.6. The number of aryl methyl sites for hydroxylation is 1. The monoisotopic (exact) mass is 396 g/mol. The second-order valence-corrected chi connectivity index (χ2v) is 6.93. The molecule has 0 saturated carbocycles. The number of halogens is 2. The third-order valence-electron chi connectivity index (χ3n) is 4.56. The van der Waals surface area contributed by atoms with Gasteiger partial charge in [-0.1, -0.05) is 30.3 Å². The van der Waals surface area contributed by atoms with Gasteiger partial charge >= 0.3 is 0 Å². The van der Waals surface area contributed by atoms with Crippen LogP contribution in [0.2, 0.25) is 0 Å². The number of ether oxygens (including phenoxy) is 1. The lowest BCUT2D eigenvalue weighted by Gasteiger charge is -2.16. The lowest BCUT2D eigenvalue weighted by Crippen LogP contribution is -2.28. The molecule has 4 nitrogen and oxygen atoms in total. The Kier molecular flexibility index (Phi) is 5.92. The van der Waals surface area contributed by atoms with Crippen LogP contribution in [0.1, 0.15) is 36.7 Å². The highest BCUT2D eigenvalue weighted by Gasteiger charge is 2.20. The first-order chi connectivity index (χ1) is 13.8. The van der Waals surface area contributed by atoms with Crippen LogP contribution in [0.4, 0.5) is 8.78 Å². The van der Waals surface area contributed by atoms with Crippen molar-refractivity contribution in [3.05, 3.63) is 81.3 Å². The molecule has 0 aliphatic heterocycles. The van der Waals surface area contributed by atoms with Crippen molar-refractivity contribution in [3.8, 4) is 16.9 Å². The van der Waals surface area contributed by atoms with Crippen LogP contribution in [-0.4, -0.2) is 16.9 Å². The Morgan fingerprint density at radius 1 is 1.10 bits per heavy atom. The molecule has 0 amide bonds. The van der Waals surface area contributed by atoms with E-state index < -0.39 is 5.82 Å². The van der Waals surface area contributed by atoms with Crippen molar-refractivity contribution < 1.29 is 13.5 Å². The van der Waals surface area contributed by atoms with Gasteiger partial charge in [0.2, 0.25) is 0 Å². The maximum Gasteiger partial charge on any atom is 0.274 e. The quantitative estimate of drug-likeness (QED) is 0.591. The molecule has 29 heavy (non-hydrogen) atoms. The third kappa shape index (κ3) is 4.11. The van der Waals surface area contributed by atoms with E-state index >= 15 is 0 Å². The number of aromatic nitrogens is 2. The Morgan fingerprint density at radius 3 is 2.48 bits per heavy atom. The van der Waals surface area contributed by atoms with Crippen LogP contribution in [0.15, 0.2) is 47.3 Å². The maximum atomic E-state index is 15.0. The number of hydrogen-bond acceptors (Lipinski definition) is 3. The van der Waals surface area contributed by atoms with Crippen molar-refractivity contribution in [1.29, 1.82) is 0 Å². The summed E-state index contributed by atoms with van der Waals surface area (Å²) in [5, 5.41) is 4.38. The second-order valence-electron chi connectivity index (χ2n) is 6.93. The molecule has 0 fully saturated rings. The van der Waals surface area contributed by atoms with E-state index in [0.717, 1.165) is 0 Å². The molecule has 0 bridgehead atoms. The highest BCUT2D eigenvalue weighted by molar-refractivity contribution is 5.82. The number of benzene rings is 2. The summed E-state index contributed by atoms with van der Waals surface area (Å²) in [5.74, 6) is -0.867. The van der Waals surface area contributed by atoms with Crippen molar-refractivity contribution in [2.24, 2.45) is 0 Å². The minimum Gasteiger partial charge on any atom is -0.494 e. The fourth-order valence-corrected chi connectivity index (χ4v) is 3.18. The average molecular weight is 396 g/mol. The van der Waals surface area contributed by atoms with Crippen molar-refractivity contribution in [2.75, 3.05) is 7.11 Å². The Hall–Kier alpha value is -3.28. The third-order valence-corrected chi connectivity index (χ3v) is 4.56. The van der Waals surface area contributed by atoms with E-state index in [9.17, 15) is 13.6 Å². The van der Waals surface area contributed by atoms with Crippen LogP contribution >= 0.6 is 0 Å². The molecule has 1 heterocycles. The Morgan fingerprint density at radius 2 is 1.83 bits per heavy atom. The lowest BCUT2D eigenvalue weighted by atomic mass is 9.97. The van der Waals surface area contributed by atoms with Gasteiger partial charge in [-0.15, -0.1) is 0 Å². The largest absolute Gasteiger partial charge is 0.494 e. The van der Waals surface area contributed by atoms with Gasteiger partial charge in [-0.05, 0) is 50.6 Å². The van der Waals surface area contributed by atoms with Gasteiger partial charge in [0.05, 0.1) is 24.4 Å². The zero-order valence-electron chi connectivity index (χ0n) is 16.7. The van der Waals surface area contributed by atoms with Gasteiger partial charge in [-0.25, -0.2) is 13.5 Å². The predicted octanol–water partition coefficient (Wildman–Crippen LogP) is 5.26. The summed E-state index contributed by atoms with van der Waals surface area (Å²) in [4.78, 5) is 13.1. The Bertz CT molecular complexity index is 1130. The number of rotatable bonds is 5. The highest BCUT2D eigenvalue weighted by Crippen LogP contribution is 2.32. The van der Waals surface area contributed by atoms with E-state index in [2.05, 4.69) is 5.10 Å². The fourth-order valence-electron chi connectivity index (χ4n) is 3.18. The van der Waals surface area contributed by atoms with E-state index in [1.807, 2.05) is 13.8 Å². The average Bonchev–Trinajstić information content (AvgIpc) is 2.68. The molecule has 0 saturated heterocycles. The van der Waals surface area contributed by atoms with Gasteiger partial charge in [0, 0.05) is 11.1 Å². The number of hydrogen-bond donors (Lipinski definition) is 0. The standard InChI is InChI=1S/C23H22F2N2O2/c1-14(2)27-23(28)19(12-11-16-7-5-8-17(24)13-16)21(15(3)26-27)18-9-6-10-20(29-4)22(18)25/h5-14H,1-4H3. The molecule has 2 aromatic carbocycles. The molecule has 0 aliphatic rings. The van der Waals surface area contributed by atoms with Crippen LogP contribution in [0.3, 0.4) is 0 Å². The normalized spacial score (nSPS) is 11.4. The van der Waals surface area contributed by atoms with Crippen LogP contribution in [-0.2, 0) is 0 Å². The first-order valence-corrected chi connectivity index (χ1v) is 9.23. The van der Waals surface area contributed by atoms with E-state index in [1.165, 1.54) is 30.0 Å². The zero-order chi connectivity index (χ0) is 21.1. The second kappa shape index (κ2) is 8.39. The molecular formula is C23H22F2N2O2. The molecule has 0 radical (unpaired) electrons. The van der Waals surface area contributed by atoms with E-state index in [1.54, 1.807) is 43.3 Å². The summed E-state index contributed by atoms with van der Waals surface area (Å²) in [5.41, 5.74) is 1.63. The van der Waals surface area contributed by atoms with Crippen LogP contribution in [0, 0.1) is 18.6 Å². The Balaban J connectivity index is 2.29. The van der Waals surface area contributed by atoms with Crippen LogP contribution in [0.5, 0.6) is 5.75 Å². The molecule has 3 aromatic rings. The van der Waals surface area contributed by atoms with E-state index in [0.29, 0.717) is 16.8 Å². The summed E-state index contributed by atoms with van der Waals surface area (Å²) in [6.07, 6.45) is 3.21. The van der Waals surface area contributed by atoms with Gasteiger partial charge in [0.15, 0.2) is 11.6 Å². The summed E-state index contributed by atoms with van der Waals surface area (Å²) >= 11 is 0. The van der Waals surface area contributed by atoms with Gasteiger partial charge in [-0.2, -0.15) is 5.10 Å². The summed E-state index contributed by atoms with van der Waals surface area (Å²) in [6.45, 7) is 5.42. The predicted molar refractivity (Wildman–Crippen MR) is 111 cm³/mol. The SMILES string of the molecule is COc1cccc(-c2c(C)nn(C(C)C)c(=O)c2C=Cc2cccc(F)c2)c1F. The first kappa shape index (κ1) is 20.5. The molecule has 0 N–H and O–H groups in total. The van der Waals surface area contributed by atoms with Crippen LogP contribution in [0.25, 0.3) is 23.3 Å². The molecule has 1 aromatic heterocycles. The molecule has 0 spiro atoms. The van der Waals surface area contributed by atoms with Crippen molar-refractivity contribution in [1.82, 2.24) is 9.78 Å². The Labute approximate surface area is 168 Å². The molecular weight excluding hydrogens is 374 g/mol. The molecule has 150 valence electrons. The van der Waals surface area contributed by atoms with Gasteiger partial charge in [0.25, 0.3) is 5.56 Å². The molecule has 3 rings (SSSR count). The zero-order valence-corrected chi connectivity index (χ0v) is 16.7. The summed E-state index contributed by atoms with van der Waals surface area (Å²) in [7, 11) is 1.38. The number of methoxy groups -OCH3 is 1. The minimum atomic E-state index is -0.568. The van der Waals surface area contributed by atoms with Gasteiger partial charge in [-0.3, -0.25) is 4.79 Å². The van der Waals surface area contributed by atoms with E-state index in [4.69, 9.17) is 4.74 Å². The van der Waals surface area contributed by atoms with Crippen molar-refractivity contribution in [3.63, 3.8) is 0 Å².